The second kappa shape index (κ2) is 9.73. The summed E-state index contributed by atoms with van der Waals surface area (Å²) in [4.78, 5) is 12.9. The van der Waals surface area contributed by atoms with Crippen molar-refractivity contribution in [2.75, 3.05) is 14.1 Å². The zero-order valence-corrected chi connectivity index (χ0v) is 19.0. The van der Waals surface area contributed by atoms with E-state index >= 15 is 0 Å². The van der Waals surface area contributed by atoms with Crippen LogP contribution in [0.2, 0.25) is 0 Å². The number of benzene rings is 2. The molecule has 168 valence electrons. The quantitative estimate of drug-likeness (QED) is 0.209. The molecule has 3 aromatic rings. The number of aromatic nitrogens is 1. The molecule has 0 aliphatic heterocycles. The summed E-state index contributed by atoms with van der Waals surface area (Å²) in [6.07, 6.45) is 7.07. The van der Waals surface area contributed by atoms with Gasteiger partial charge in [0.2, 0.25) is 0 Å². The molecule has 2 aromatic carbocycles. The Morgan fingerprint density at radius 2 is 1.84 bits per heavy atom. The molecule has 0 atom stereocenters. The van der Waals surface area contributed by atoms with E-state index in [9.17, 15) is 18.5 Å². The normalized spacial score (nSPS) is 12.2. The fraction of sp³-hybridized carbons (Fsp3) is 0.273. The van der Waals surface area contributed by atoms with Crippen LogP contribution in [0.1, 0.15) is 30.9 Å². The van der Waals surface area contributed by atoms with Crippen LogP contribution in [0.4, 0.5) is 5.69 Å². The zero-order chi connectivity index (χ0) is 23.3. The van der Waals surface area contributed by atoms with Crippen molar-refractivity contribution < 1.29 is 13.3 Å². The van der Waals surface area contributed by atoms with Gasteiger partial charge in [0, 0.05) is 31.9 Å². The molecule has 1 heterocycles. The molecule has 1 aromatic heterocycles. The van der Waals surface area contributed by atoms with E-state index in [1.807, 2.05) is 0 Å². The summed E-state index contributed by atoms with van der Waals surface area (Å²) in [6, 6.07) is 11.1. The SMILES string of the molecule is CCCCc1ccc(S(=O)(=O)n2cc(/C=N/N=C/N(C)C)c3c([N+](=O)[O-])cccc32)cc1. The highest BCUT2D eigenvalue weighted by Crippen LogP contribution is 2.32. The van der Waals surface area contributed by atoms with Gasteiger partial charge >= 0.3 is 0 Å². The number of rotatable bonds is 9. The van der Waals surface area contributed by atoms with Gasteiger partial charge in [-0.1, -0.05) is 31.5 Å². The maximum atomic E-state index is 13.4. The molecule has 0 unspecified atom stereocenters. The maximum Gasteiger partial charge on any atom is 0.279 e. The fourth-order valence-corrected chi connectivity index (χ4v) is 4.64. The van der Waals surface area contributed by atoms with Gasteiger partial charge in [0.15, 0.2) is 0 Å². The number of nitrogens with zero attached hydrogens (tertiary/aromatic N) is 5. The second-order valence-electron chi connectivity index (χ2n) is 7.50. The first-order chi connectivity index (χ1) is 15.3. The van der Waals surface area contributed by atoms with Gasteiger partial charge < -0.3 is 4.90 Å². The minimum atomic E-state index is -3.98. The number of unbranched alkanes of at least 4 members (excludes halogenated alkanes) is 1. The monoisotopic (exact) mass is 455 g/mol. The van der Waals surface area contributed by atoms with Gasteiger partial charge in [-0.15, -0.1) is 5.10 Å². The van der Waals surface area contributed by atoms with E-state index < -0.39 is 14.9 Å². The van der Waals surface area contributed by atoms with E-state index in [0.717, 1.165) is 28.8 Å². The summed E-state index contributed by atoms with van der Waals surface area (Å²) in [5.74, 6) is 0. The molecule has 9 nitrogen and oxygen atoms in total. The Morgan fingerprint density at radius 3 is 2.47 bits per heavy atom. The average molecular weight is 456 g/mol. The topological polar surface area (TPSA) is 110 Å². The number of non-ortho nitro benzene ring substituents is 1. The van der Waals surface area contributed by atoms with Gasteiger partial charge in [0.1, 0.15) is 6.34 Å². The Hall–Kier alpha value is -3.53. The predicted molar refractivity (Wildman–Crippen MR) is 126 cm³/mol. The average Bonchev–Trinajstić information content (AvgIpc) is 3.15. The number of nitro groups is 1. The summed E-state index contributed by atoms with van der Waals surface area (Å²) in [6.45, 7) is 2.10. The summed E-state index contributed by atoms with van der Waals surface area (Å²) >= 11 is 0. The van der Waals surface area contributed by atoms with Crippen LogP contribution in [0.3, 0.4) is 0 Å². The first kappa shape index (κ1) is 23.1. The first-order valence-electron chi connectivity index (χ1n) is 10.1. The van der Waals surface area contributed by atoms with E-state index in [4.69, 9.17) is 0 Å². The molecule has 0 radical (unpaired) electrons. The van der Waals surface area contributed by atoms with E-state index in [1.54, 1.807) is 43.3 Å². The minimum absolute atomic E-state index is 0.107. The van der Waals surface area contributed by atoms with Crippen molar-refractivity contribution in [3.05, 3.63) is 69.9 Å². The standard InChI is InChI=1S/C22H25N5O4S/c1-4-5-7-17-10-12-19(13-11-17)32(30,31)26-15-18(14-23-24-16-25(2)3)22-20(26)8-6-9-21(22)27(28)29/h6,8-16H,4-5,7H2,1-3H3/b23-14+,24-16+. The van der Waals surface area contributed by atoms with E-state index in [-0.39, 0.29) is 27.0 Å². The van der Waals surface area contributed by atoms with Crippen molar-refractivity contribution in [1.82, 2.24) is 8.87 Å². The lowest BCUT2D eigenvalue weighted by molar-refractivity contribution is -0.383. The summed E-state index contributed by atoms with van der Waals surface area (Å²) < 4.78 is 27.9. The molecule has 32 heavy (non-hydrogen) atoms. The molecular formula is C22H25N5O4S. The van der Waals surface area contributed by atoms with Gasteiger partial charge in [-0.05, 0) is 36.6 Å². The van der Waals surface area contributed by atoms with Crippen LogP contribution >= 0.6 is 0 Å². The van der Waals surface area contributed by atoms with Gasteiger partial charge in [-0.2, -0.15) is 5.10 Å². The Labute approximate surface area is 186 Å². The number of hydrogen-bond donors (Lipinski definition) is 0. The smallest absolute Gasteiger partial charge is 0.279 e. The third-order valence-corrected chi connectivity index (χ3v) is 6.53. The minimum Gasteiger partial charge on any atom is -0.367 e. The number of aryl methyl sites for hydroxylation is 1. The van der Waals surface area contributed by atoms with Crippen molar-refractivity contribution in [3.8, 4) is 0 Å². The van der Waals surface area contributed by atoms with Gasteiger partial charge in [0.25, 0.3) is 15.7 Å². The maximum absolute atomic E-state index is 13.4. The molecule has 0 spiro atoms. The van der Waals surface area contributed by atoms with Crippen LogP contribution in [0.5, 0.6) is 0 Å². The van der Waals surface area contributed by atoms with E-state index in [0.29, 0.717) is 0 Å². The molecule has 0 N–H and O–H groups in total. The molecular weight excluding hydrogens is 430 g/mol. The molecule has 0 bridgehead atoms. The van der Waals surface area contributed by atoms with Crippen molar-refractivity contribution in [2.24, 2.45) is 10.2 Å². The van der Waals surface area contributed by atoms with Gasteiger partial charge in [-0.25, -0.2) is 12.4 Å². The van der Waals surface area contributed by atoms with Crippen molar-refractivity contribution in [2.45, 2.75) is 31.1 Å². The van der Waals surface area contributed by atoms with E-state index in [1.165, 1.54) is 36.9 Å². The highest BCUT2D eigenvalue weighted by atomic mass is 32.2. The first-order valence-corrected chi connectivity index (χ1v) is 11.6. The van der Waals surface area contributed by atoms with Crippen LogP contribution in [0.25, 0.3) is 10.9 Å². The zero-order valence-electron chi connectivity index (χ0n) is 18.2. The molecule has 0 fully saturated rings. The molecule has 0 aliphatic carbocycles. The van der Waals surface area contributed by atoms with Gasteiger partial charge in [-0.3, -0.25) is 10.1 Å². The highest BCUT2D eigenvalue weighted by molar-refractivity contribution is 7.90. The lowest BCUT2D eigenvalue weighted by Crippen LogP contribution is -2.12. The molecule has 10 heteroatoms. The van der Waals surface area contributed by atoms with Gasteiger partial charge in [0.05, 0.1) is 26.9 Å². The molecule has 0 aliphatic rings. The Kier molecular flexibility index (Phi) is 7.04. The summed E-state index contributed by atoms with van der Waals surface area (Å²) in [5.41, 5.74) is 1.34. The van der Waals surface area contributed by atoms with Crippen molar-refractivity contribution in [1.29, 1.82) is 0 Å². The van der Waals surface area contributed by atoms with Crippen LogP contribution in [0.15, 0.2) is 63.8 Å². The summed E-state index contributed by atoms with van der Waals surface area (Å²) in [5, 5.41) is 19.6. The second-order valence-corrected chi connectivity index (χ2v) is 9.32. The lowest BCUT2D eigenvalue weighted by Gasteiger charge is -2.08. The Morgan fingerprint density at radius 1 is 1.12 bits per heavy atom. The predicted octanol–water partition coefficient (Wildman–Crippen LogP) is 4.05. The van der Waals surface area contributed by atoms with Crippen LogP contribution < -0.4 is 0 Å². The lowest BCUT2D eigenvalue weighted by atomic mass is 10.1. The molecule has 0 saturated heterocycles. The van der Waals surface area contributed by atoms with Crippen LogP contribution in [-0.2, 0) is 16.4 Å². The third-order valence-electron chi connectivity index (χ3n) is 4.84. The summed E-state index contributed by atoms with van der Waals surface area (Å²) in [7, 11) is -0.435. The molecule has 3 rings (SSSR count). The van der Waals surface area contributed by atoms with Crippen LogP contribution in [0, 0.1) is 10.1 Å². The number of hydrogen-bond acceptors (Lipinski definition) is 6. The Bertz CT molecular complexity index is 1280. The largest absolute Gasteiger partial charge is 0.367 e. The molecule has 0 saturated carbocycles. The third kappa shape index (κ3) is 4.86. The van der Waals surface area contributed by atoms with Crippen molar-refractivity contribution in [3.63, 3.8) is 0 Å². The number of fused-ring (bicyclic) bond motifs is 1. The highest BCUT2D eigenvalue weighted by Gasteiger charge is 2.25. The van der Waals surface area contributed by atoms with Crippen LogP contribution in [-0.4, -0.2) is 48.9 Å². The van der Waals surface area contributed by atoms with Crippen molar-refractivity contribution >= 4 is 39.2 Å². The van der Waals surface area contributed by atoms with E-state index in [2.05, 4.69) is 17.1 Å². The Balaban J connectivity index is 2.13. The number of nitro benzene ring substituents is 1. The fourth-order valence-electron chi connectivity index (χ4n) is 3.27. The molecule has 0 amide bonds.